The van der Waals surface area contributed by atoms with E-state index in [1.165, 1.54) is 0 Å². The Morgan fingerprint density at radius 2 is 2.19 bits per heavy atom. The van der Waals surface area contributed by atoms with E-state index in [4.69, 9.17) is 5.84 Å². The van der Waals surface area contributed by atoms with Crippen LogP contribution < -0.4 is 16.6 Å². The molecule has 6 nitrogen and oxygen atoms in total. The minimum absolute atomic E-state index is 0.591. The second-order valence-electron chi connectivity index (χ2n) is 3.16. The van der Waals surface area contributed by atoms with Crippen LogP contribution in [0.4, 0.5) is 11.6 Å². The summed E-state index contributed by atoms with van der Waals surface area (Å²) in [7, 11) is 0. The highest BCUT2D eigenvalue weighted by Gasteiger charge is 2.01. The zero-order chi connectivity index (χ0) is 11.4. The molecule has 4 N–H and O–H groups in total. The highest BCUT2D eigenvalue weighted by atomic mass is 32.1. The summed E-state index contributed by atoms with van der Waals surface area (Å²) in [4.78, 5) is 12.5. The topological polar surface area (TPSA) is 88.8 Å². The van der Waals surface area contributed by atoms with Crippen molar-refractivity contribution < 1.29 is 0 Å². The van der Waals surface area contributed by atoms with Gasteiger partial charge < -0.3 is 10.7 Å². The van der Waals surface area contributed by atoms with Crippen molar-refractivity contribution in [2.24, 2.45) is 5.84 Å². The Morgan fingerprint density at radius 1 is 1.38 bits per heavy atom. The SMILES string of the molecule is Cc1nc(NN)cc(NCc2cscn2)n1. The number of nitrogens with two attached hydrogens (primary N) is 1. The average Bonchev–Trinajstić information content (AvgIpc) is 2.78. The van der Waals surface area contributed by atoms with Crippen LogP contribution in [-0.4, -0.2) is 15.0 Å². The molecule has 0 bridgehead atoms. The molecule has 0 fully saturated rings. The summed E-state index contributed by atoms with van der Waals surface area (Å²) in [5.41, 5.74) is 5.29. The summed E-state index contributed by atoms with van der Waals surface area (Å²) < 4.78 is 0. The normalized spacial score (nSPS) is 10.1. The maximum atomic E-state index is 5.30. The summed E-state index contributed by atoms with van der Waals surface area (Å²) in [6, 6.07) is 1.75. The van der Waals surface area contributed by atoms with Gasteiger partial charge in [0.15, 0.2) is 0 Å². The lowest BCUT2D eigenvalue weighted by molar-refractivity contribution is 1.00. The molecule has 0 unspecified atom stereocenters. The van der Waals surface area contributed by atoms with Gasteiger partial charge in [0.1, 0.15) is 17.5 Å². The zero-order valence-corrected chi connectivity index (χ0v) is 9.58. The molecule has 0 aliphatic carbocycles. The first-order chi connectivity index (χ1) is 7.78. The number of rotatable bonds is 4. The molecule has 0 saturated carbocycles. The minimum atomic E-state index is 0.591. The minimum Gasteiger partial charge on any atom is -0.364 e. The lowest BCUT2D eigenvalue weighted by Gasteiger charge is -2.06. The van der Waals surface area contributed by atoms with E-state index in [0.29, 0.717) is 18.2 Å². The second-order valence-corrected chi connectivity index (χ2v) is 3.88. The Hall–Kier alpha value is -1.73. The summed E-state index contributed by atoms with van der Waals surface area (Å²) in [6.07, 6.45) is 0. The molecular weight excluding hydrogens is 224 g/mol. The first kappa shape index (κ1) is 10.8. The number of anilines is 2. The first-order valence-corrected chi connectivity index (χ1v) is 5.65. The van der Waals surface area contributed by atoms with Crippen LogP contribution in [0.15, 0.2) is 17.0 Å². The predicted molar refractivity (Wildman–Crippen MR) is 64.0 cm³/mol. The Morgan fingerprint density at radius 3 is 2.88 bits per heavy atom. The number of hydrazine groups is 1. The monoisotopic (exact) mass is 236 g/mol. The Bertz CT molecular complexity index is 455. The van der Waals surface area contributed by atoms with E-state index < -0.39 is 0 Å². The molecule has 2 aromatic rings. The molecule has 0 spiro atoms. The zero-order valence-electron chi connectivity index (χ0n) is 8.77. The molecule has 0 aromatic carbocycles. The van der Waals surface area contributed by atoms with E-state index >= 15 is 0 Å². The summed E-state index contributed by atoms with van der Waals surface area (Å²) in [5.74, 6) is 7.28. The molecule has 16 heavy (non-hydrogen) atoms. The largest absolute Gasteiger partial charge is 0.364 e. The van der Waals surface area contributed by atoms with Crippen LogP contribution in [0.2, 0.25) is 0 Å². The number of hydrogen-bond acceptors (Lipinski definition) is 7. The van der Waals surface area contributed by atoms with Crippen molar-refractivity contribution in [1.82, 2.24) is 15.0 Å². The fourth-order valence-corrected chi connectivity index (χ4v) is 1.80. The Kier molecular flexibility index (Phi) is 3.28. The molecule has 0 aliphatic rings. The fourth-order valence-electron chi connectivity index (χ4n) is 1.24. The van der Waals surface area contributed by atoms with E-state index in [0.717, 1.165) is 11.5 Å². The van der Waals surface area contributed by atoms with Gasteiger partial charge >= 0.3 is 0 Å². The van der Waals surface area contributed by atoms with Crippen molar-refractivity contribution >= 4 is 23.0 Å². The number of thiazole rings is 1. The third kappa shape index (κ3) is 2.65. The Labute approximate surface area is 96.9 Å². The Balaban J connectivity index is 2.06. The van der Waals surface area contributed by atoms with Crippen molar-refractivity contribution in [3.8, 4) is 0 Å². The molecule has 0 aliphatic heterocycles. The van der Waals surface area contributed by atoms with Crippen LogP contribution in [0.3, 0.4) is 0 Å². The third-order valence-corrected chi connectivity index (χ3v) is 2.56. The van der Waals surface area contributed by atoms with Gasteiger partial charge in [-0.15, -0.1) is 11.3 Å². The van der Waals surface area contributed by atoms with Gasteiger partial charge in [0, 0.05) is 11.4 Å². The van der Waals surface area contributed by atoms with Crippen molar-refractivity contribution in [1.29, 1.82) is 0 Å². The van der Waals surface area contributed by atoms with Crippen LogP contribution >= 0.6 is 11.3 Å². The van der Waals surface area contributed by atoms with Gasteiger partial charge in [0.2, 0.25) is 0 Å². The van der Waals surface area contributed by atoms with Gasteiger partial charge in [-0.2, -0.15) is 0 Å². The molecule has 2 aromatic heterocycles. The van der Waals surface area contributed by atoms with Crippen molar-refractivity contribution in [2.75, 3.05) is 10.7 Å². The average molecular weight is 236 g/mol. The maximum absolute atomic E-state index is 5.30. The molecule has 84 valence electrons. The van der Waals surface area contributed by atoms with Crippen LogP contribution in [0.5, 0.6) is 0 Å². The van der Waals surface area contributed by atoms with Crippen LogP contribution in [-0.2, 0) is 6.54 Å². The van der Waals surface area contributed by atoms with Crippen LogP contribution in [0.25, 0.3) is 0 Å². The first-order valence-electron chi connectivity index (χ1n) is 4.71. The van der Waals surface area contributed by atoms with E-state index in [1.807, 2.05) is 12.3 Å². The third-order valence-electron chi connectivity index (χ3n) is 1.92. The highest BCUT2D eigenvalue weighted by molar-refractivity contribution is 7.07. The molecule has 0 saturated heterocycles. The van der Waals surface area contributed by atoms with E-state index in [2.05, 4.69) is 25.7 Å². The van der Waals surface area contributed by atoms with Crippen LogP contribution in [0.1, 0.15) is 11.5 Å². The van der Waals surface area contributed by atoms with Gasteiger partial charge in [-0.3, -0.25) is 0 Å². The molecule has 0 amide bonds. The molecule has 2 heterocycles. The van der Waals surface area contributed by atoms with Crippen molar-refractivity contribution in [3.63, 3.8) is 0 Å². The van der Waals surface area contributed by atoms with Gasteiger partial charge in [-0.25, -0.2) is 20.8 Å². The number of aryl methyl sites for hydroxylation is 1. The van der Waals surface area contributed by atoms with Crippen molar-refractivity contribution in [3.05, 3.63) is 28.5 Å². The smallest absolute Gasteiger partial charge is 0.145 e. The quantitative estimate of drug-likeness (QED) is 0.545. The molecule has 0 radical (unpaired) electrons. The summed E-state index contributed by atoms with van der Waals surface area (Å²) in [6.45, 7) is 2.46. The number of nitrogens with one attached hydrogen (secondary N) is 2. The number of aromatic nitrogens is 3. The van der Waals surface area contributed by atoms with Crippen LogP contribution in [0, 0.1) is 6.92 Å². The van der Waals surface area contributed by atoms with Gasteiger partial charge in [0.05, 0.1) is 17.7 Å². The van der Waals surface area contributed by atoms with Gasteiger partial charge in [-0.05, 0) is 6.92 Å². The number of nitrogens with zero attached hydrogens (tertiary/aromatic N) is 3. The van der Waals surface area contributed by atoms with E-state index in [9.17, 15) is 0 Å². The van der Waals surface area contributed by atoms with E-state index in [-0.39, 0.29) is 0 Å². The summed E-state index contributed by atoms with van der Waals surface area (Å²) >= 11 is 1.57. The van der Waals surface area contributed by atoms with Gasteiger partial charge in [0.25, 0.3) is 0 Å². The molecule has 0 atom stereocenters. The predicted octanol–water partition coefficient (Wildman–Crippen LogP) is 1.14. The standard InChI is InChI=1S/C9H12N6S/c1-6-13-8(2-9(14-6)15-10)11-3-7-4-16-5-12-7/h2,4-5H,3,10H2,1H3,(H2,11,13,14,15). The lowest BCUT2D eigenvalue weighted by atomic mass is 10.4. The highest BCUT2D eigenvalue weighted by Crippen LogP contribution is 2.11. The summed E-state index contributed by atoms with van der Waals surface area (Å²) in [5, 5.41) is 5.15. The second kappa shape index (κ2) is 4.86. The fraction of sp³-hybridized carbons (Fsp3) is 0.222. The number of nitrogen functional groups attached to an aromatic ring is 1. The molecule has 2 rings (SSSR count). The molecular formula is C9H12N6S. The lowest BCUT2D eigenvalue weighted by Crippen LogP contribution is -2.11. The number of hydrogen-bond donors (Lipinski definition) is 3. The molecule has 7 heteroatoms. The van der Waals surface area contributed by atoms with E-state index in [1.54, 1.807) is 22.9 Å². The van der Waals surface area contributed by atoms with Crippen molar-refractivity contribution in [2.45, 2.75) is 13.5 Å². The van der Waals surface area contributed by atoms with Gasteiger partial charge in [-0.1, -0.05) is 0 Å². The maximum Gasteiger partial charge on any atom is 0.145 e.